The third-order valence-corrected chi connectivity index (χ3v) is 3.48. The van der Waals surface area contributed by atoms with Crippen molar-refractivity contribution >= 4 is 21.9 Å². The van der Waals surface area contributed by atoms with Gasteiger partial charge in [0.15, 0.2) is 5.82 Å². The van der Waals surface area contributed by atoms with Crippen molar-refractivity contribution in [3.8, 4) is 0 Å². The number of rotatable bonds is 5. The number of nitrogens with two attached hydrogens (primary N) is 1. The van der Waals surface area contributed by atoms with Crippen LogP contribution in [0.2, 0.25) is 0 Å². The second-order valence-electron chi connectivity index (χ2n) is 3.60. The summed E-state index contributed by atoms with van der Waals surface area (Å²) in [6.07, 6.45) is 1.99. The van der Waals surface area contributed by atoms with E-state index in [4.69, 9.17) is 5.73 Å². The molecule has 0 atom stereocenters. The predicted octanol–water partition coefficient (Wildman–Crippen LogP) is -0.117. The Morgan fingerprint density at radius 2 is 2.17 bits per heavy atom. The Balaban J connectivity index is 2.86. The summed E-state index contributed by atoms with van der Waals surface area (Å²) >= 11 is 0. The van der Waals surface area contributed by atoms with E-state index < -0.39 is 16.1 Å². The maximum absolute atomic E-state index is 11.9. The zero-order valence-corrected chi connectivity index (χ0v) is 11.1. The summed E-state index contributed by atoms with van der Waals surface area (Å²) in [4.78, 5) is 11.1. The summed E-state index contributed by atoms with van der Waals surface area (Å²) < 4.78 is 27.0. The molecule has 0 aromatic carbocycles. The fraction of sp³-hybridized carbons (Fsp3) is 0.556. The molecule has 2 amide bonds. The zero-order valence-electron chi connectivity index (χ0n) is 10.3. The van der Waals surface area contributed by atoms with Gasteiger partial charge in [0.2, 0.25) is 0 Å². The minimum absolute atomic E-state index is 0.132. The van der Waals surface area contributed by atoms with Gasteiger partial charge in [0.05, 0.1) is 0 Å². The van der Waals surface area contributed by atoms with E-state index in [1.807, 2.05) is 11.6 Å². The van der Waals surface area contributed by atoms with Crippen LogP contribution >= 0.6 is 0 Å². The van der Waals surface area contributed by atoms with E-state index in [9.17, 15) is 13.2 Å². The van der Waals surface area contributed by atoms with Gasteiger partial charge in [0.25, 0.3) is 10.0 Å². The fourth-order valence-corrected chi connectivity index (χ4v) is 2.24. The first-order chi connectivity index (χ1) is 8.40. The molecule has 0 aliphatic heterocycles. The van der Waals surface area contributed by atoms with Gasteiger partial charge in [-0.1, -0.05) is 6.92 Å². The largest absolute Gasteiger partial charge is 0.381 e. The number of carbonyl (C=O) groups excluding carboxylic acids is 1. The van der Waals surface area contributed by atoms with E-state index in [1.165, 1.54) is 10.9 Å². The van der Waals surface area contributed by atoms with Crippen molar-refractivity contribution in [2.24, 2.45) is 0 Å². The van der Waals surface area contributed by atoms with Crippen molar-refractivity contribution in [3.63, 3.8) is 0 Å². The van der Waals surface area contributed by atoms with Gasteiger partial charge in [0, 0.05) is 19.3 Å². The third-order valence-electron chi connectivity index (χ3n) is 2.13. The van der Waals surface area contributed by atoms with Crippen LogP contribution in [0, 0.1) is 0 Å². The van der Waals surface area contributed by atoms with E-state index in [0.29, 0.717) is 19.5 Å². The molecule has 4 N–H and O–H groups in total. The summed E-state index contributed by atoms with van der Waals surface area (Å²) in [6.45, 7) is 4.54. The Labute approximate surface area is 106 Å². The van der Waals surface area contributed by atoms with Gasteiger partial charge in [-0.3, -0.25) is 4.68 Å². The van der Waals surface area contributed by atoms with Crippen LogP contribution in [0.4, 0.5) is 10.6 Å². The van der Waals surface area contributed by atoms with Crippen molar-refractivity contribution in [1.82, 2.24) is 19.8 Å². The van der Waals surface area contributed by atoms with E-state index in [2.05, 4.69) is 10.4 Å². The van der Waals surface area contributed by atoms with Gasteiger partial charge >= 0.3 is 6.03 Å². The number of sulfonamides is 1. The van der Waals surface area contributed by atoms with Crippen molar-refractivity contribution in [1.29, 1.82) is 0 Å². The first kappa shape index (κ1) is 14.3. The Morgan fingerprint density at radius 1 is 1.50 bits per heavy atom. The molecule has 0 saturated heterocycles. The van der Waals surface area contributed by atoms with Gasteiger partial charge in [-0.2, -0.15) is 5.10 Å². The Bertz CT molecular complexity index is 522. The number of urea groups is 1. The number of aromatic nitrogens is 2. The first-order valence-corrected chi connectivity index (χ1v) is 7.02. The molecule has 1 aromatic heterocycles. The monoisotopic (exact) mass is 275 g/mol. The molecule has 0 fully saturated rings. The number of nitrogens with one attached hydrogen (secondary N) is 2. The summed E-state index contributed by atoms with van der Waals surface area (Å²) in [5.41, 5.74) is 5.50. The molecular weight excluding hydrogens is 258 g/mol. The van der Waals surface area contributed by atoms with Crippen LogP contribution in [0.5, 0.6) is 0 Å². The first-order valence-electron chi connectivity index (χ1n) is 5.54. The molecule has 0 radical (unpaired) electrons. The van der Waals surface area contributed by atoms with E-state index in [1.54, 1.807) is 6.92 Å². The van der Waals surface area contributed by atoms with E-state index in [-0.39, 0.29) is 10.7 Å². The highest BCUT2D eigenvalue weighted by Gasteiger charge is 2.23. The average Bonchev–Trinajstić information content (AvgIpc) is 2.68. The van der Waals surface area contributed by atoms with Crippen molar-refractivity contribution in [2.45, 2.75) is 31.7 Å². The smallest absolute Gasteiger partial charge is 0.328 e. The molecule has 0 aliphatic rings. The van der Waals surface area contributed by atoms with Crippen LogP contribution in [0.3, 0.4) is 0 Å². The molecule has 8 nitrogen and oxygen atoms in total. The van der Waals surface area contributed by atoms with Gasteiger partial charge in [-0.15, -0.1) is 0 Å². The average molecular weight is 275 g/mol. The minimum atomic E-state index is -3.98. The Morgan fingerprint density at radius 3 is 2.67 bits per heavy atom. The van der Waals surface area contributed by atoms with Crippen LogP contribution in [-0.2, 0) is 16.6 Å². The number of carbonyl (C=O) groups is 1. The Kier molecular flexibility index (Phi) is 4.54. The zero-order chi connectivity index (χ0) is 13.8. The highest BCUT2D eigenvalue weighted by Crippen LogP contribution is 2.15. The van der Waals surface area contributed by atoms with Crippen LogP contribution in [0.1, 0.15) is 20.3 Å². The minimum Gasteiger partial charge on any atom is -0.381 e. The lowest BCUT2D eigenvalue weighted by Gasteiger charge is -2.06. The molecule has 0 saturated carbocycles. The van der Waals surface area contributed by atoms with Gasteiger partial charge in [-0.25, -0.2) is 17.9 Å². The summed E-state index contributed by atoms with van der Waals surface area (Å²) in [7, 11) is -3.98. The SMILES string of the molecule is CCCNC(=O)NS(=O)(=O)c1cn(CC)nc1N. The molecule has 0 bridgehead atoms. The fourth-order valence-electron chi connectivity index (χ4n) is 1.24. The van der Waals surface area contributed by atoms with Gasteiger partial charge in [-0.05, 0) is 13.3 Å². The second-order valence-corrected chi connectivity index (χ2v) is 5.25. The molecule has 1 rings (SSSR count). The van der Waals surface area contributed by atoms with Crippen LogP contribution < -0.4 is 15.8 Å². The molecular formula is C9H17N5O3S. The van der Waals surface area contributed by atoms with Crippen molar-refractivity contribution < 1.29 is 13.2 Å². The number of hydrogen-bond acceptors (Lipinski definition) is 5. The quantitative estimate of drug-likeness (QED) is 0.692. The molecule has 102 valence electrons. The topological polar surface area (TPSA) is 119 Å². The van der Waals surface area contributed by atoms with E-state index >= 15 is 0 Å². The number of amides is 2. The summed E-state index contributed by atoms with van der Waals surface area (Å²) in [6, 6.07) is -0.777. The maximum Gasteiger partial charge on any atom is 0.328 e. The van der Waals surface area contributed by atoms with Crippen LogP contribution in [-0.4, -0.2) is 30.8 Å². The highest BCUT2D eigenvalue weighted by atomic mass is 32.2. The maximum atomic E-state index is 11.9. The lowest BCUT2D eigenvalue weighted by molar-refractivity contribution is 0.246. The molecule has 0 unspecified atom stereocenters. The van der Waals surface area contributed by atoms with Crippen LogP contribution in [0.25, 0.3) is 0 Å². The number of nitrogens with zero attached hydrogens (tertiary/aromatic N) is 2. The van der Waals surface area contributed by atoms with Crippen LogP contribution in [0.15, 0.2) is 11.1 Å². The number of anilines is 1. The van der Waals surface area contributed by atoms with Crippen molar-refractivity contribution in [3.05, 3.63) is 6.20 Å². The van der Waals surface area contributed by atoms with Gasteiger partial charge < -0.3 is 11.1 Å². The summed E-state index contributed by atoms with van der Waals surface area (Å²) in [5, 5.41) is 6.21. The number of hydrogen-bond donors (Lipinski definition) is 3. The lowest BCUT2D eigenvalue weighted by Crippen LogP contribution is -2.39. The molecule has 0 spiro atoms. The predicted molar refractivity (Wildman–Crippen MR) is 66.3 cm³/mol. The molecule has 9 heteroatoms. The lowest BCUT2D eigenvalue weighted by atomic mass is 10.5. The van der Waals surface area contributed by atoms with E-state index in [0.717, 1.165) is 0 Å². The molecule has 1 heterocycles. The molecule has 0 aliphatic carbocycles. The number of aryl methyl sites for hydroxylation is 1. The highest BCUT2D eigenvalue weighted by molar-refractivity contribution is 7.90. The molecule has 18 heavy (non-hydrogen) atoms. The Hall–Kier alpha value is -1.77. The normalized spacial score (nSPS) is 11.2. The number of nitrogen functional groups attached to an aromatic ring is 1. The van der Waals surface area contributed by atoms with Gasteiger partial charge in [0.1, 0.15) is 4.90 Å². The standard InChI is InChI=1S/C9H17N5O3S/c1-3-5-11-9(15)13-18(16,17)7-6-14(4-2)12-8(7)10/h6H,3-5H2,1-2H3,(H2,10,12)(H2,11,13,15). The second kappa shape index (κ2) is 5.71. The summed E-state index contributed by atoms with van der Waals surface area (Å²) in [5.74, 6) is -0.132. The van der Waals surface area contributed by atoms with Crippen molar-refractivity contribution in [2.75, 3.05) is 12.3 Å². The molecule has 1 aromatic rings. The third kappa shape index (κ3) is 3.36.